The van der Waals surface area contributed by atoms with E-state index in [0.717, 1.165) is 0 Å². The molecule has 32 heavy (non-hydrogen) atoms. The Bertz CT molecular complexity index is 1100. The van der Waals surface area contributed by atoms with Crippen LogP contribution in [-0.4, -0.2) is 40.8 Å². The number of anilines is 2. The van der Waals surface area contributed by atoms with Crippen molar-refractivity contribution in [3.8, 4) is 5.75 Å². The average molecular weight is 433 g/mol. The maximum atomic E-state index is 12.8. The Hall–Kier alpha value is -4.07. The van der Waals surface area contributed by atoms with E-state index < -0.39 is 0 Å². The van der Waals surface area contributed by atoms with Gasteiger partial charge in [0.15, 0.2) is 5.76 Å². The highest BCUT2D eigenvalue weighted by molar-refractivity contribution is 6.02. The van der Waals surface area contributed by atoms with Crippen LogP contribution < -0.4 is 10.6 Å². The fourth-order valence-corrected chi connectivity index (χ4v) is 3.64. The van der Waals surface area contributed by atoms with Crippen LogP contribution in [0.1, 0.15) is 33.8 Å². The third-order valence-corrected chi connectivity index (χ3v) is 5.45. The number of furan rings is 1. The second-order valence-corrected chi connectivity index (χ2v) is 7.58. The minimum Gasteiger partial charge on any atom is -0.506 e. The highest BCUT2D eigenvalue weighted by Crippen LogP contribution is 2.25. The topological polar surface area (TPSA) is 112 Å². The van der Waals surface area contributed by atoms with Gasteiger partial charge in [-0.25, -0.2) is 0 Å². The maximum Gasteiger partial charge on any atom is 0.291 e. The van der Waals surface area contributed by atoms with Crippen LogP contribution in [0.15, 0.2) is 71.3 Å². The van der Waals surface area contributed by atoms with Gasteiger partial charge >= 0.3 is 0 Å². The first kappa shape index (κ1) is 21.2. The van der Waals surface area contributed by atoms with E-state index in [2.05, 4.69) is 10.6 Å². The zero-order valence-corrected chi connectivity index (χ0v) is 17.3. The Morgan fingerprint density at radius 2 is 1.62 bits per heavy atom. The number of phenolic OH excluding ortho intramolecular Hbond substituents is 1. The molecule has 164 valence electrons. The normalized spacial score (nSPS) is 14.1. The lowest BCUT2D eigenvalue weighted by molar-refractivity contribution is -0.121. The van der Waals surface area contributed by atoms with Gasteiger partial charge < -0.3 is 25.1 Å². The first-order chi connectivity index (χ1) is 15.5. The summed E-state index contributed by atoms with van der Waals surface area (Å²) in [5.41, 5.74) is 1.45. The molecule has 0 atom stereocenters. The Labute approximate surface area is 184 Å². The molecule has 1 aliphatic heterocycles. The summed E-state index contributed by atoms with van der Waals surface area (Å²) in [5.74, 6) is -0.628. The Morgan fingerprint density at radius 1 is 0.906 bits per heavy atom. The van der Waals surface area contributed by atoms with Gasteiger partial charge in [-0.05, 0) is 61.4 Å². The van der Waals surface area contributed by atoms with E-state index in [1.165, 1.54) is 12.3 Å². The van der Waals surface area contributed by atoms with Gasteiger partial charge in [0, 0.05) is 30.3 Å². The summed E-state index contributed by atoms with van der Waals surface area (Å²) in [6.07, 6.45) is 2.51. The Kier molecular flexibility index (Phi) is 6.21. The van der Waals surface area contributed by atoms with Crippen molar-refractivity contribution in [1.29, 1.82) is 0 Å². The van der Waals surface area contributed by atoms with Gasteiger partial charge in [0.25, 0.3) is 11.8 Å². The molecule has 0 spiro atoms. The standard InChI is InChI=1S/C24H23N3O5/c28-20-5-2-1-4-19(20)26-22(29)16-11-13-27(14-12-16)24(31)17-7-9-18(10-8-17)25-23(30)21-6-3-15-32-21/h1-10,15-16,28H,11-14H2,(H,25,30)(H,26,29). The number of phenols is 1. The highest BCUT2D eigenvalue weighted by atomic mass is 16.3. The predicted molar refractivity (Wildman–Crippen MR) is 118 cm³/mol. The summed E-state index contributed by atoms with van der Waals surface area (Å²) in [7, 11) is 0. The lowest BCUT2D eigenvalue weighted by Gasteiger charge is -2.31. The Morgan fingerprint density at radius 3 is 2.28 bits per heavy atom. The van der Waals surface area contributed by atoms with Crippen molar-refractivity contribution in [3.05, 3.63) is 78.3 Å². The minimum atomic E-state index is -0.363. The SMILES string of the molecule is O=C(Nc1ccc(C(=O)N2CCC(C(=O)Nc3ccccc3O)CC2)cc1)c1ccco1. The van der Waals surface area contributed by atoms with Crippen LogP contribution in [-0.2, 0) is 4.79 Å². The molecule has 3 aromatic rings. The lowest BCUT2D eigenvalue weighted by atomic mass is 9.95. The summed E-state index contributed by atoms with van der Waals surface area (Å²) < 4.78 is 5.06. The number of nitrogens with zero attached hydrogens (tertiary/aromatic N) is 1. The molecular weight excluding hydrogens is 410 g/mol. The second kappa shape index (κ2) is 9.38. The molecule has 8 heteroatoms. The van der Waals surface area contributed by atoms with Gasteiger partial charge in [0.1, 0.15) is 5.75 Å². The van der Waals surface area contributed by atoms with Crippen molar-refractivity contribution in [2.75, 3.05) is 23.7 Å². The molecule has 8 nitrogen and oxygen atoms in total. The summed E-state index contributed by atoms with van der Waals surface area (Å²) in [6, 6.07) is 16.5. The number of aromatic hydroxyl groups is 1. The zero-order chi connectivity index (χ0) is 22.5. The summed E-state index contributed by atoms with van der Waals surface area (Å²) in [5, 5.41) is 15.3. The lowest BCUT2D eigenvalue weighted by Crippen LogP contribution is -2.41. The molecule has 0 saturated carbocycles. The molecule has 0 radical (unpaired) electrons. The van der Waals surface area contributed by atoms with E-state index in [1.807, 2.05) is 0 Å². The van der Waals surface area contributed by atoms with Crippen molar-refractivity contribution < 1.29 is 23.9 Å². The number of amides is 3. The molecule has 1 fully saturated rings. The molecular formula is C24H23N3O5. The monoisotopic (exact) mass is 433 g/mol. The predicted octanol–water partition coefficient (Wildman–Crippen LogP) is 3.73. The first-order valence-corrected chi connectivity index (χ1v) is 10.3. The van der Waals surface area contributed by atoms with Gasteiger partial charge in [-0.2, -0.15) is 0 Å². The van der Waals surface area contributed by atoms with Gasteiger partial charge in [0.2, 0.25) is 5.91 Å². The van der Waals surface area contributed by atoms with E-state index in [4.69, 9.17) is 4.42 Å². The Balaban J connectivity index is 1.30. The maximum absolute atomic E-state index is 12.8. The molecule has 0 bridgehead atoms. The van der Waals surface area contributed by atoms with Crippen molar-refractivity contribution >= 4 is 29.1 Å². The van der Waals surface area contributed by atoms with Crippen LogP contribution in [0.5, 0.6) is 5.75 Å². The van der Waals surface area contributed by atoms with Gasteiger partial charge in [-0.15, -0.1) is 0 Å². The third kappa shape index (κ3) is 4.80. The van der Waals surface area contributed by atoms with E-state index in [-0.39, 0.29) is 35.1 Å². The smallest absolute Gasteiger partial charge is 0.291 e. The summed E-state index contributed by atoms with van der Waals surface area (Å²) in [4.78, 5) is 39.1. The van der Waals surface area contributed by atoms with Crippen molar-refractivity contribution in [2.24, 2.45) is 5.92 Å². The fourth-order valence-electron chi connectivity index (χ4n) is 3.64. The van der Waals surface area contributed by atoms with E-state index in [9.17, 15) is 19.5 Å². The third-order valence-electron chi connectivity index (χ3n) is 5.45. The number of rotatable bonds is 5. The van der Waals surface area contributed by atoms with Crippen LogP contribution in [0.2, 0.25) is 0 Å². The van der Waals surface area contributed by atoms with Crippen LogP contribution in [0.4, 0.5) is 11.4 Å². The fraction of sp³-hybridized carbons (Fsp3) is 0.208. The number of benzene rings is 2. The largest absolute Gasteiger partial charge is 0.506 e. The second-order valence-electron chi connectivity index (χ2n) is 7.58. The molecule has 2 heterocycles. The number of likely N-dealkylation sites (tertiary alicyclic amines) is 1. The van der Waals surface area contributed by atoms with Crippen LogP contribution in [0.3, 0.4) is 0 Å². The quantitative estimate of drug-likeness (QED) is 0.531. The number of carbonyl (C=O) groups excluding carboxylic acids is 3. The van der Waals surface area contributed by atoms with Crippen molar-refractivity contribution in [1.82, 2.24) is 4.90 Å². The molecule has 3 N–H and O–H groups in total. The van der Waals surface area contributed by atoms with Crippen LogP contribution in [0.25, 0.3) is 0 Å². The number of piperidine rings is 1. The molecule has 1 saturated heterocycles. The molecule has 4 rings (SSSR count). The first-order valence-electron chi connectivity index (χ1n) is 10.3. The molecule has 1 aliphatic rings. The van der Waals surface area contributed by atoms with Crippen LogP contribution in [0, 0.1) is 5.92 Å². The number of nitrogens with one attached hydrogen (secondary N) is 2. The molecule has 0 unspecified atom stereocenters. The minimum absolute atomic E-state index is 0.0252. The van der Waals surface area contributed by atoms with Gasteiger partial charge in [-0.3, -0.25) is 14.4 Å². The number of para-hydroxylation sites is 2. The number of hydrogen-bond acceptors (Lipinski definition) is 5. The van der Waals surface area contributed by atoms with Gasteiger partial charge in [-0.1, -0.05) is 12.1 Å². The average Bonchev–Trinajstić information content (AvgIpc) is 3.36. The van der Waals surface area contributed by atoms with E-state index >= 15 is 0 Å². The summed E-state index contributed by atoms with van der Waals surface area (Å²) in [6.45, 7) is 0.934. The zero-order valence-electron chi connectivity index (χ0n) is 17.3. The molecule has 0 aliphatic carbocycles. The van der Waals surface area contributed by atoms with Crippen molar-refractivity contribution in [2.45, 2.75) is 12.8 Å². The van der Waals surface area contributed by atoms with E-state index in [1.54, 1.807) is 59.5 Å². The number of carbonyl (C=O) groups is 3. The molecule has 2 aromatic carbocycles. The highest BCUT2D eigenvalue weighted by Gasteiger charge is 2.28. The number of hydrogen-bond donors (Lipinski definition) is 3. The van der Waals surface area contributed by atoms with Gasteiger partial charge in [0.05, 0.1) is 12.0 Å². The summed E-state index contributed by atoms with van der Waals surface area (Å²) >= 11 is 0. The molecule has 1 aromatic heterocycles. The molecule has 3 amide bonds. The van der Waals surface area contributed by atoms with Crippen LogP contribution >= 0.6 is 0 Å². The van der Waals surface area contributed by atoms with E-state index in [0.29, 0.717) is 42.9 Å². The van der Waals surface area contributed by atoms with Crippen molar-refractivity contribution in [3.63, 3.8) is 0 Å².